The van der Waals surface area contributed by atoms with Gasteiger partial charge >= 0.3 is 5.97 Å². The minimum Gasteiger partial charge on any atom is -0.494 e. The van der Waals surface area contributed by atoms with Crippen LogP contribution in [0.15, 0.2) is 72.8 Å². The van der Waals surface area contributed by atoms with Crippen LogP contribution in [0.1, 0.15) is 53.9 Å². The monoisotopic (exact) mass is 443 g/mol. The van der Waals surface area contributed by atoms with Crippen molar-refractivity contribution in [3.8, 4) is 5.75 Å². The second-order valence-corrected chi connectivity index (χ2v) is 7.40. The van der Waals surface area contributed by atoms with E-state index < -0.39 is 12.6 Å². The van der Waals surface area contributed by atoms with E-state index in [-0.39, 0.29) is 29.7 Å². The lowest BCUT2D eigenvalue weighted by atomic mass is 10.1. The van der Waals surface area contributed by atoms with Gasteiger partial charge in [0.25, 0.3) is 11.8 Å². The van der Waals surface area contributed by atoms with E-state index in [9.17, 15) is 19.2 Å². The van der Waals surface area contributed by atoms with Gasteiger partial charge in [0.05, 0.1) is 29.8 Å². The number of benzene rings is 3. The highest BCUT2D eigenvalue weighted by molar-refractivity contribution is 6.21. The minimum absolute atomic E-state index is 0.0264. The number of ether oxygens (including phenoxy) is 2. The highest BCUT2D eigenvalue weighted by Gasteiger charge is 2.35. The topological polar surface area (TPSA) is 90.0 Å². The van der Waals surface area contributed by atoms with Crippen molar-refractivity contribution in [2.75, 3.05) is 13.2 Å². The molecule has 0 atom stereocenters. The van der Waals surface area contributed by atoms with Crippen LogP contribution >= 0.6 is 0 Å². The van der Waals surface area contributed by atoms with Crippen LogP contribution in [0.25, 0.3) is 0 Å². The Hall–Kier alpha value is -4.26. The quantitative estimate of drug-likeness (QED) is 0.298. The molecule has 7 nitrogen and oxygen atoms in total. The van der Waals surface area contributed by atoms with E-state index in [0.717, 1.165) is 4.90 Å². The largest absolute Gasteiger partial charge is 0.494 e. The second-order valence-electron chi connectivity index (χ2n) is 7.40. The van der Waals surface area contributed by atoms with E-state index in [1.807, 2.05) is 6.92 Å². The van der Waals surface area contributed by atoms with E-state index >= 15 is 0 Å². The molecule has 2 amide bonds. The van der Waals surface area contributed by atoms with Crippen LogP contribution in [0.4, 0.5) is 0 Å². The number of Topliss-reactive ketones (excluding diaryl/α,β-unsaturated/α-hetero) is 1. The summed E-state index contributed by atoms with van der Waals surface area (Å²) in [5, 5.41) is 0. The summed E-state index contributed by atoms with van der Waals surface area (Å²) in [6.45, 7) is 2.01. The average Bonchev–Trinajstić information content (AvgIpc) is 3.08. The summed E-state index contributed by atoms with van der Waals surface area (Å²) in [4.78, 5) is 51.1. The molecule has 0 aromatic heterocycles. The van der Waals surface area contributed by atoms with Crippen molar-refractivity contribution < 1.29 is 28.7 Å². The van der Waals surface area contributed by atoms with E-state index in [1.54, 1.807) is 72.8 Å². The zero-order valence-corrected chi connectivity index (χ0v) is 17.9. The first-order valence-electron chi connectivity index (χ1n) is 10.4. The summed E-state index contributed by atoms with van der Waals surface area (Å²) in [6.07, 6.45) is 0. The summed E-state index contributed by atoms with van der Waals surface area (Å²) < 4.78 is 10.5. The van der Waals surface area contributed by atoms with E-state index in [1.165, 1.54) is 0 Å². The number of amides is 2. The van der Waals surface area contributed by atoms with Crippen LogP contribution in [0.5, 0.6) is 5.75 Å². The number of imide groups is 1. The summed E-state index contributed by atoms with van der Waals surface area (Å²) in [5.74, 6) is -1.10. The predicted molar refractivity (Wildman–Crippen MR) is 119 cm³/mol. The average molecular weight is 443 g/mol. The molecule has 0 radical (unpaired) electrons. The summed E-state index contributed by atoms with van der Waals surface area (Å²) in [5.41, 5.74) is 1.96. The molecule has 33 heavy (non-hydrogen) atoms. The Morgan fingerprint density at radius 2 is 1.48 bits per heavy atom. The Morgan fingerprint density at radius 1 is 0.818 bits per heavy atom. The summed E-state index contributed by atoms with van der Waals surface area (Å²) in [7, 11) is 0. The SMILES string of the molecule is CCOc1ccc(C(=O)COC(=O)c2cccc(CN3C(=O)c4ccccc4C3=O)c2)cc1. The fraction of sp³-hybridized carbons (Fsp3) is 0.154. The Balaban J connectivity index is 1.38. The maximum Gasteiger partial charge on any atom is 0.338 e. The van der Waals surface area contributed by atoms with Crippen molar-refractivity contribution in [2.45, 2.75) is 13.5 Å². The lowest BCUT2D eigenvalue weighted by molar-refractivity contribution is 0.0474. The predicted octanol–water partition coefficient (Wildman–Crippen LogP) is 3.92. The van der Waals surface area contributed by atoms with Gasteiger partial charge in [0, 0.05) is 5.56 Å². The number of hydrogen-bond acceptors (Lipinski definition) is 6. The molecule has 7 heteroatoms. The minimum atomic E-state index is -0.668. The van der Waals surface area contributed by atoms with Gasteiger partial charge in [-0.05, 0) is 61.0 Å². The zero-order chi connectivity index (χ0) is 23.4. The molecule has 1 aliphatic heterocycles. The van der Waals surface area contributed by atoms with Crippen LogP contribution in [0.3, 0.4) is 0 Å². The van der Waals surface area contributed by atoms with E-state index in [4.69, 9.17) is 9.47 Å². The van der Waals surface area contributed by atoms with Gasteiger partial charge in [0.15, 0.2) is 12.4 Å². The van der Waals surface area contributed by atoms with Gasteiger partial charge in [-0.3, -0.25) is 19.3 Å². The first kappa shape index (κ1) is 22.0. The number of carbonyl (C=O) groups excluding carboxylic acids is 4. The maximum absolute atomic E-state index is 12.6. The van der Waals surface area contributed by atoms with Gasteiger partial charge in [-0.1, -0.05) is 24.3 Å². The fourth-order valence-electron chi connectivity index (χ4n) is 3.56. The third-order valence-electron chi connectivity index (χ3n) is 5.20. The third-order valence-corrected chi connectivity index (χ3v) is 5.20. The molecule has 0 N–H and O–H groups in total. The molecular formula is C26H21NO6. The van der Waals surface area contributed by atoms with Crippen LogP contribution in [-0.4, -0.2) is 41.7 Å². The van der Waals surface area contributed by atoms with Gasteiger partial charge in [0.1, 0.15) is 5.75 Å². The molecule has 0 aliphatic carbocycles. The first-order valence-corrected chi connectivity index (χ1v) is 10.4. The molecule has 0 saturated heterocycles. The highest BCUT2D eigenvalue weighted by Crippen LogP contribution is 2.24. The lowest BCUT2D eigenvalue weighted by Crippen LogP contribution is -2.29. The fourth-order valence-corrected chi connectivity index (χ4v) is 3.56. The lowest BCUT2D eigenvalue weighted by Gasteiger charge is -2.14. The van der Waals surface area contributed by atoms with Crippen molar-refractivity contribution in [1.82, 2.24) is 4.90 Å². The summed E-state index contributed by atoms with van der Waals surface area (Å²) in [6, 6.07) is 19.7. The molecule has 0 unspecified atom stereocenters. The number of carbonyl (C=O) groups is 4. The molecule has 1 heterocycles. The molecule has 4 rings (SSSR count). The standard InChI is InChI=1S/C26H21NO6/c1-2-32-20-12-10-18(11-13-20)23(28)16-33-26(31)19-7-5-6-17(14-19)15-27-24(29)21-8-3-4-9-22(21)25(27)30/h3-14H,2,15-16H2,1H3. The van der Waals surface area contributed by atoms with Crippen LogP contribution in [-0.2, 0) is 11.3 Å². The molecule has 1 aliphatic rings. The Morgan fingerprint density at radius 3 is 2.12 bits per heavy atom. The molecule has 0 spiro atoms. The molecule has 0 saturated carbocycles. The van der Waals surface area contributed by atoms with Crippen molar-refractivity contribution in [1.29, 1.82) is 0 Å². The molecule has 166 valence electrons. The number of fused-ring (bicyclic) bond motifs is 1. The third kappa shape index (κ3) is 4.67. The summed E-state index contributed by atoms with van der Waals surface area (Å²) >= 11 is 0. The highest BCUT2D eigenvalue weighted by atomic mass is 16.5. The molecule has 3 aromatic carbocycles. The number of esters is 1. The van der Waals surface area contributed by atoms with Gasteiger partial charge < -0.3 is 9.47 Å². The van der Waals surface area contributed by atoms with E-state index in [2.05, 4.69) is 0 Å². The zero-order valence-electron chi connectivity index (χ0n) is 17.9. The smallest absolute Gasteiger partial charge is 0.338 e. The molecule has 0 fully saturated rings. The van der Waals surface area contributed by atoms with Gasteiger partial charge in [0.2, 0.25) is 0 Å². The van der Waals surface area contributed by atoms with Crippen molar-refractivity contribution in [3.63, 3.8) is 0 Å². The van der Waals surface area contributed by atoms with Crippen LogP contribution in [0, 0.1) is 0 Å². The normalized spacial score (nSPS) is 12.5. The Labute approximate surface area is 190 Å². The van der Waals surface area contributed by atoms with Gasteiger partial charge in [-0.15, -0.1) is 0 Å². The van der Waals surface area contributed by atoms with Crippen LogP contribution in [0.2, 0.25) is 0 Å². The number of rotatable bonds is 8. The van der Waals surface area contributed by atoms with Crippen molar-refractivity contribution in [2.24, 2.45) is 0 Å². The van der Waals surface area contributed by atoms with Gasteiger partial charge in [-0.25, -0.2) is 4.79 Å². The van der Waals surface area contributed by atoms with Crippen molar-refractivity contribution in [3.05, 3.63) is 101 Å². The maximum atomic E-state index is 12.6. The molecular weight excluding hydrogens is 422 g/mol. The van der Waals surface area contributed by atoms with Crippen molar-refractivity contribution >= 4 is 23.6 Å². The molecule has 0 bridgehead atoms. The Kier molecular flexibility index (Phi) is 6.31. The van der Waals surface area contributed by atoms with Gasteiger partial charge in [-0.2, -0.15) is 0 Å². The number of nitrogens with zero attached hydrogens (tertiary/aromatic N) is 1. The van der Waals surface area contributed by atoms with Crippen LogP contribution < -0.4 is 4.74 Å². The van der Waals surface area contributed by atoms with E-state index in [0.29, 0.717) is 34.6 Å². The number of ketones is 1. The first-order chi connectivity index (χ1) is 16.0. The second kappa shape index (κ2) is 9.48. The molecule has 3 aromatic rings. The number of hydrogen-bond donors (Lipinski definition) is 0. The Bertz CT molecular complexity index is 1200.